The van der Waals surface area contributed by atoms with Gasteiger partial charge in [0.2, 0.25) is 9.84 Å². The summed E-state index contributed by atoms with van der Waals surface area (Å²) in [6.07, 6.45) is 0. The number of hydrogen-bond donors (Lipinski definition) is 1. The number of halogens is 1. The van der Waals surface area contributed by atoms with E-state index in [0.717, 1.165) is 0 Å². The first-order valence-electron chi connectivity index (χ1n) is 5.66. The van der Waals surface area contributed by atoms with Gasteiger partial charge in [0.15, 0.2) is 0 Å². The van der Waals surface area contributed by atoms with E-state index >= 15 is 0 Å². The summed E-state index contributed by atoms with van der Waals surface area (Å²) >= 11 is 6.05. The second-order valence-electron chi connectivity index (χ2n) is 4.15. The first kappa shape index (κ1) is 12.3. The zero-order valence-corrected chi connectivity index (χ0v) is 11.4. The van der Waals surface area contributed by atoms with Crippen molar-refractivity contribution in [3.63, 3.8) is 0 Å². The molecule has 0 atom stereocenters. The Labute approximate surface area is 115 Å². The van der Waals surface area contributed by atoms with E-state index in [-0.39, 0.29) is 9.92 Å². The molecule has 0 unspecified atom stereocenters. The number of benzene rings is 2. The van der Waals surface area contributed by atoms with Crippen LogP contribution in [0.2, 0.25) is 5.02 Å². The maximum atomic E-state index is 12.4. The zero-order chi connectivity index (χ0) is 13.5. The van der Waals surface area contributed by atoms with Gasteiger partial charge in [-0.25, -0.2) is 8.42 Å². The molecule has 0 aliphatic rings. The number of H-pyrrole nitrogens is 1. The van der Waals surface area contributed by atoms with Crippen molar-refractivity contribution in [3.8, 4) is 0 Å². The van der Waals surface area contributed by atoms with Crippen LogP contribution >= 0.6 is 11.6 Å². The molecule has 0 bridgehead atoms. The zero-order valence-electron chi connectivity index (χ0n) is 9.80. The van der Waals surface area contributed by atoms with E-state index in [0.29, 0.717) is 15.9 Å². The normalized spacial score (nSPS) is 11.8. The summed E-state index contributed by atoms with van der Waals surface area (Å²) < 4.78 is 24.9. The molecule has 1 N–H and O–H groups in total. The highest BCUT2D eigenvalue weighted by atomic mass is 35.5. The molecule has 3 nitrogen and oxygen atoms in total. The minimum atomic E-state index is -3.53. The van der Waals surface area contributed by atoms with Gasteiger partial charge in [-0.3, -0.25) is 0 Å². The number of hydrogen-bond acceptors (Lipinski definition) is 2. The number of fused-ring (bicyclic) bond motifs is 1. The third-order valence-electron chi connectivity index (χ3n) is 2.93. The van der Waals surface area contributed by atoms with Crippen molar-refractivity contribution in [3.05, 3.63) is 59.6 Å². The summed E-state index contributed by atoms with van der Waals surface area (Å²) in [4.78, 5) is 3.16. The van der Waals surface area contributed by atoms with Crippen molar-refractivity contribution in [2.75, 3.05) is 0 Å². The molecule has 5 heteroatoms. The van der Waals surface area contributed by atoms with E-state index in [1.54, 1.807) is 54.6 Å². The SMILES string of the molecule is O=S(=O)(c1ccccc1)c1cc2c(Cl)cccc2[nH]1. The predicted octanol–water partition coefficient (Wildman–Crippen LogP) is 3.65. The number of nitrogens with one attached hydrogen (secondary N) is 1. The van der Waals surface area contributed by atoms with E-state index in [9.17, 15) is 8.42 Å². The molecule has 19 heavy (non-hydrogen) atoms. The lowest BCUT2D eigenvalue weighted by Gasteiger charge is -2.00. The van der Waals surface area contributed by atoms with E-state index in [1.807, 2.05) is 0 Å². The summed E-state index contributed by atoms with van der Waals surface area (Å²) in [5.74, 6) is 0. The lowest BCUT2D eigenvalue weighted by Crippen LogP contribution is -2.01. The van der Waals surface area contributed by atoms with E-state index in [4.69, 9.17) is 11.6 Å². The van der Waals surface area contributed by atoms with Gasteiger partial charge in [0, 0.05) is 15.9 Å². The molecule has 0 saturated heterocycles. The smallest absolute Gasteiger partial charge is 0.221 e. The number of aromatic amines is 1. The quantitative estimate of drug-likeness (QED) is 0.783. The van der Waals surface area contributed by atoms with Crippen LogP contribution in [0.3, 0.4) is 0 Å². The Morgan fingerprint density at radius 1 is 0.947 bits per heavy atom. The Morgan fingerprint density at radius 3 is 2.37 bits per heavy atom. The van der Waals surface area contributed by atoms with Crippen LogP contribution in [-0.4, -0.2) is 13.4 Å². The maximum absolute atomic E-state index is 12.4. The molecule has 0 spiro atoms. The van der Waals surface area contributed by atoms with Gasteiger partial charge in [0.05, 0.1) is 4.90 Å². The van der Waals surface area contributed by atoms with Gasteiger partial charge < -0.3 is 4.98 Å². The fourth-order valence-electron chi connectivity index (χ4n) is 1.96. The molecule has 0 radical (unpaired) electrons. The van der Waals surface area contributed by atoms with Crippen LogP contribution in [0.4, 0.5) is 0 Å². The lowest BCUT2D eigenvalue weighted by atomic mass is 10.2. The van der Waals surface area contributed by atoms with Gasteiger partial charge in [-0.2, -0.15) is 0 Å². The number of aromatic nitrogens is 1. The van der Waals surface area contributed by atoms with Gasteiger partial charge in [0.1, 0.15) is 5.03 Å². The summed E-state index contributed by atoms with van der Waals surface area (Å²) in [7, 11) is -3.53. The van der Waals surface area contributed by atoms with Gasteiger partial charge in [0.25, 0.3) is 0 Å². The first-order valence-corrected chi connectivity index (χ1v) is 7.52. The number of rotatable bonds is 2. The molecule has 3 aromatic rings. The Hall–Kier alpha value is -1.78. The van der Waals surface area contributed by atoms with Crippen LogP contribution in [-0.2, 0) is 9.84 Å². The van der Waals surface area contributed by atoms with Crippen LogP contribution in [0.15, 0.2) is 64.5 Å². The summed E-state index contributed by atoms with van der Waals surface area (Å²) in [5, 5.41) is 1.39. The molecule has 3 rings (SSSR count). The van der Waals surface area contributed by atoms with Gasteiger partial charge in [-0.1, -0.05) is 35.9 Å². The average Bonchev–Trinajstić information content (AvgIpc) is 2.86. The fraction of sp³-hybridized carbons (Fsp3) is 0. The van der Waals surface area contributed by atoms with E-state index < -0.39 is 9.84 Å². The van der Waals surface area contributed by atoms with E-state index in [2.05, 4.69) is 4.98 Å². The molecule has 0 aliphatic carbocycles. The van der Waals surface area contributed by atoms with Gasteiger partial charge in [-0.05, 0) is 30.3 Å². The molecule has 0 fully saturated rings. The van der Waals surface area contributed by atoms with Crippen molar-refractivity contribution in [1.82, 2.24) is 4.98 Å². The highest BCUT2D eigenvalue weighted by Gasteiger charge is 2.20. The average molecular weight is 292 g/mol. The highest BCUT2D eigenvalue weighted by Crippen LogP contribution is 2.28. The van der Waals surface area contributed by atoms with Crippen molar-refractivity contribution in [1.29, 1.82) is 0 Å². The van der Waals surface area contributed by atoms with Crippen LogP contribution < -0.4 is 0 Å². The molecule has 96 valence electrons. The minimum absolute atomic E-state index is 0.154. The lowest BCUT2D eigenvalue weighted by molar-refractivity contribution is 0.593. The summed E-state index contributed by atoms with van der Waals surface area (Å²) in [6.45, 7) is 0. The maximum Gasteiger partial charge on any atom is 0.221 e. The van der Waals surface area contributed by atoms with Crippen molar-refractivity contribution in [2.45, 2.75) is 9.92 Å². The minimum Gasteiger partial charge on any atom is -0.345 e. The van der Waals surface area contributed by atoms with Crippen LogP contribution in [0.5, 0.6) is 0 Å². The monoisotopic (exact) mass is 291 g/mol. The predicted molar refractivity (Wildman–Crippen MR) is 75.2 cm³/mol. The van der Waals surface area contributed by atoms with Gasteiger partial charge >= 0.3 is 0 Å². The first-order chi connectivity index (χ1) is 9.09. The third kappa shape index (κ3) is 2.03. The van der Waals surface area contributed by atoms with Gasteiger partial charge in [-0.15, -0.1) is 0 Å². The van der Waals surface area contributed by atoms with Crippen LogP contribution in [0.1, 0.15) is 0 Å². The highest BCUT2D eigenvalue weighted by molar-refractivity contribution is 7.91. The topological polar surface area (TPSA) is 49.9 Å². The van der Waals surface area contributed by atoms with Crippen LogP contribution in [0.25, 0.3) is 10.9 Å². The molecule has 0 aliphatic heterocycles. The van der Waals surface area contributed by atoms with Crippen molar-refractivity contribution < 1.29 is 8.42 Å². The number of sulfone groups is 1. The van der Waals surface area contributed by atoms with Crippen molar-refractivity contribution in [2.24, 2.45) is 0 Å². The Balaban J connectivity index is 2.22. The Bertz CT molecular complexity index is 838. The molecule has 1 aromatic heterocycles. The van der Waals surface area contributed by atoms with E-state index in [1.165, 1.54) is 0 Å². The standard InChI is InChI=1S/C14H10ClNO2S/c15-12-7-4-8-13-11(12)9-14(16-13)19(17,18)10-5-2-1-3-6-10/h1-9,16H. The fourth-order valence-corrected chi connectivity index (χ4v) is 3.48. The third-order valence-corrected chi connectivity index (χ3v) is 4.95. The molecular weight excluding hydrogens is 282 g/mol. The van der Waals surface area contributed by atoms with Crippen LogP contribution in [0, 0.1) is 0 Å². The molecular formula is C14H10ClNO2S. The molecule has 0 amide bonds. The molecule has 0 saturated carbocycles. The Kier molecular flexibility index (Phi) is 2.84. The summed E-state index contributed by atoms with van der Waals surface area (Å²) in [6, 6.07) is 15.2. The van der Waals surface area contributed by atoms with Crippen molar-refractivity contribution >= 4 is 32.3 Å². The summed E-state index contributed by atoms with van der Waals surface area (Å²) in [5.41, 5.74) is 0.710. The molecule has 1 heterocycles. The molecule has 2 aromatic carbocycles. The Morgan fingerprint density at radius 2 is 1.68 bits per heavy atom. The second kappa shape index (κ2) is 4.40. The largest absolute Gasteiger partial charge is 0.345 e. The second-order valence-corrected chi connectivity index (χ2v) is 6.48.